The van der Waals surface area contributed by atoms with E-state index in [9.17, 15) is 14.7 Å². The summed E-state index contributed by atoms with van der Waals surface area (Å²) in [7, 11) is 0. The minimum Gasteiger partial charge on any atom is -0.465 e. The van der Waals surface area contributed by atoms with Gasteiger partial charge in [0.2, 0.25) is 0 Å². The highest BCUT2D eigenvalue weighted by molar-refractivity contribution is 5.87. The molecule has 3 N–H and O–H groups in total. The first-order chi connectivity index (χ1) is 8.47. The number of esters is 2. The van der Waals surface area contributed by atoms with E-state index < -0.39 is 35.4 Å². The molecule has 2 aliphatic rings. The lowest BCUT2D eigenvalue weighted by atomic mass is 9.91. The average Bonchev–Trinajstić information content (AvgIpc) is 2.99. The van der Waals surface area contributed by atoms with Crippen LogP contribution in [0.15, 0.2) is 12.8 Å². The molecule has 5 atom stereocenters. The number of rotatable bonds is 4. The van der Waals surface area contributed by atoms with Crippen LogP contribution in [0.4, 0.5) is 0 Å². The second-order valence-corrected chi connectivity index (χ2v) is 4.76. The van der Waals surface area contributed by atoms with Crippen molar-refractivity contribution >= 4 is 11.9 Å². The van der Waals surface area contributed by atoms with Crippen molar-refractivity contribution in [2.45, 2.75) is 25.0 Å². The van der Waals surface area contributed by atoms with Gasteiger partial charge in [-0.3, -0.25) is 9.59 Å². The van der Waals surface area contributed by atoms with E-state index in [4.69, 9.17) is 10.5 Å². The van der Waals surface area contributed by atoms with Crippen LogP contribution in [0.3, 0.4) is 0 Å². The van der Waals surface area contributed by atoms with Gasteiger partial charge < -0.3 is 20.3 Å². The monoisotopic (exact) mass is 255 g/mol. The Morgan fingerprint density at radius 2 is 2.28 bits per heavy atom. The van der Waals surface area contributed by atoms with Gasteiger partial charge in [0.1, 0.15) is 5.54 Å². The number of carbonyl (C=O) groups is 2. The molecule has 2 saturated carbocycles. The molecule has 18 heavy (non-hydrogen) atoms. The van der Waals surface area contributed by atoms with Gasteiger partial charge in [0, 0.05) is 18.3 Å². The third kappa shape index (κ3) is 1.72. The van der Waals surface area contributed by atoms with Crippen LogP contribution in [0.2, 0.25) is 0 Å². The van der Waals surface area contributed by atoms with E-state index in [-0.39, 0.29) is 18.9 Å². The summed E-state index contributed by atoms with van der Waals surface area (Å²) in [6.07, 6.45) is 0.386. The van der Waals surface area contributed by atoms with E-state index in [1.54, 1.807) is 6.92 Å². The van der Waals surface area contributed by atoms with Gasteiger partial charge >= 0.3 is 11.9 Å². The third-order valence-corrected chi connectivity index (χ3v) is 3.79. The maximum atomic E-state index is 11.8. The van der Waals surface area contributed by atoms with Crippen molar-refractivity contribution in [2.24, 2.45) is 23.5 Å². The Hall–Kier alpha value is -1.40. The predicted octanol–water partition coefficient (Wildman–Crippen LogP) is -0.440. The van der Waals surface area contributed by atoms with E-state index in [2.05, 4.69) is 11.3 Å². The average molecular weight is 255 g/mol. The van der Waals surface area contributed by atoms with Crippen LogP contribution < -0.4 is 5.73 Å². The van der Waals surface area contributed by atoms with Crippen LogP contribution in [0.1, 0.15) is 13.3 Å². The number of hydrogen-bond donors (Lipinski definition) is 2. The lowest BCUT2D eigenvalue weighted by Gasteiger charge is -2.25. The van der Waals surface area contributed by atoms with Gasteiger partial charge in [-0.1, -0.05) is 6.58 Å². The SMILES string of the molecule is C=COC(=O)[C@H]1[C@H]2[C@@H]1[C@](N)(C(=O)OCC)C[C@@H]2O. The Morgan fingerprint density at radius 1 is 1.61 bits per heavy atom. The lowest BCUT2D eigenvalue weighted by molar-refractivity contribution is -0.151. The van der Waals surface area contributed by atoms with Crippen LogP contribution in [0.5, 0.6) is 0 Å². The predicted molar refractivity (Wildman–Crippen MR) is 60.9 cm³/mol. The minimum atomic E-state index is -1.29. The summed E-state index contributed by atoms with van der Waals surface area (Å²) in [6, 6.07) is 0. The molecule has 2 fully saturated rings. The Bertz CT molecular complexity index is 396. The van der Waals surface area contributed by atoms with E-state index in [1.165, 1.54) is 0 Å². The van der Waals surface area contributed by atoms with Crippen LogP contribution in [0.25, 0.3) is 0 Å². The summed E-state index contributed by atoms with van der Waals surface area (Å²) < 4.78 is 9.60. The highest BCUT2D eigenvalue weighted by atomic mass is 16.5. The summed E-state index contributed by atoms with van der Waals surface area (Å²) in [5.41, 5.74) is 4.73. The summed E-state index contributed by atoms with van der Waals surface area (Å²) >= 11 is 0. The Morgan fingerprint density at radius 3 is 2.83 bits per heavy atom. The number of nitrogens with two attached hydrogens (primary N) is 1. The fourth-order valence-corrected chi connectivity index (χ4v) is 3.04. The number of aliphatic hydroxyl groups excluding tert-OH is 1. The Kier molecular flexibility index (Phi) is 3.16. The topological polar surface area (TPSA) is 98.9 Å². The van der Waals surface area contributed by atoms with Crippen LogP contribution >= 0.6 is 0 Å². The quantitative estimate of drug-likeness (QED) is 0.522. The molecule has 0 saturated heterocycles. The van der Waals surface area contributed by atoms with E-state index in [1.807, 2.05) is 0 Å². The Labute approximate surface area is 105 Å². The second-order valence-electron chi connectivity index (χ2n) is 4.76. The summed E-state index contributed by atoms with van der Waals surface area (Å²) in [5.74, 6) is -2.32. The number of fused-ring (bicyclic) bond motifs is 1. The first-order valence-electron chi connectivity index (χ1n) is 5.93. The third-order valence-electron chi connectivity index (χ3n) is 3.79. The summed E-state index contributed by atoms with van der Waals surface area (Å²) in [4.78, 5) is 23.5. The Balaban J connectivity index is 2.14. The summed E-state index contributed by atoms with van der Waals surface area (Å²) in [6.45, 7) is 5.19. The van der Waals surface area contributed by atoms with Gasteiger partial charge in [-0.25, -0.2) is 0 Å². The molecule has 0 amide bonds. The maximum Gasteiger partial charge on any atom is 0.326 e. The highest BCUT2D eigenvalue weighted by Gasteiger charge is 2.74. The molecule has 2 rings (SSSR count). The molecule has 0 spiro atoms. The van der Waals surface area contributed by atoms with E-state index >= 15 is 0 Å². The van der Waals surface area contributed by atoms with Gasteiger partial charge in [0.15, 0.2) is 0 Å². The van der Waals surface area contributed by atoms with E-state index in [0.717, 1.165) is 6.26 Å². The number of aliphatic hydroxyl groups is 1. The van der Waals surface area contributed by atoms with Gasteiger partial charge in [-0.15, -0.1) is 0 Å². The standard InChI is InChI=1S/C12H17NO5/c1-3-17-10(15)8-7-6(14)5-12(13,9(7)8)11(16)18-4-2/h3,6-9,14H,1,4-5,13H2,2H3/t6-,7-,8-,9-,12-/m0/s1. The molecule has 0 aromatic heterocycles. The normalized spacial score (nSPS) is 40.8. The molecular formula is C12H17NO5. The zero-order chi connectivity index (χ0) is 13.5. The van der Waals surface area contributed by atoms with Crippen LogP contribution in [0, 0.1) is 17.8 Å². The lowest BCUT2D eigenvalue weighted by Crippen LogP contribution is -2.51. The molecule has 0 aromatic rings. The molecule has 6 heteroatoms. The molecule has 0 unspecified atom stereocenters. The van der Waals surface area contributed by atoms with Crippen LogP contribution in [-0.4, -0.2) is 35.3 Å². The number of ether oxygens (including phenoxy) is 2. The highest BCUT2D eigenvalue weighted by Crippen LogP contribution is 2.62. The number of hydrogen-bond acceptors (Lipinski definition) is 6. The van der Waals surface area contributed by atoms with Crippen molar-refractivity contribution in [2.75, 3.05) is 6.61 Å². The fraction of sp³-hybridized carbons (Fsp3) is 0.667. The molecule has 2 aliphatic carbocycles. The molecule has 0 heterocycles. The maximum absolute atomic E-state index is 11.8. The summed E-state index contributed by atoms with van der Waals surface area (Å²) in [5, 5.41) is 9.86. The molecule has 100 valence electrons. The first kappa shape index (κ1) is 13.0. The van der Waals surface area contributed by atoms with Crippen molar-refractivity contribution in [3.8, 4) is 0 Å². The first-order valence-corrected chi connectivity index (χ1v) is 5.93. The zero-order valence-electron chi connectivity index (χ0n) is 10.2. The van der Waals surface area contributed by atoms with Crippen LogP contribution in [-0.2, 0) is 19.1 Å². The van der Waals surface area contributed by atoms with Gasteiger partial charge in [0.25, 0.3) is 0 Å². The van der Waals surface area contributed by atoms with Gasteiger partial charge in [0.05, 0.1) is 24.9 Å². The molecule has 0 aliphatic heterocycles. The molecular weight excluding hydrogens is 238 g/mol. The van der Waals surface area contributed by atoms with Gasteiger partial charge in [-0.05, 0) is 6.92 Å². The second kappa shape index (κ2) is 4.37. The van der Waals surface area contributed by atoms with Crippen molar-refractivity contribution in [1.29, 1.82) is 0 Å². The molecule has 0 radical (unpaired) electrons. The smallest absolute Gasteiger partial charge is 0.326 e. The van der Waals surface area contributed by atoms with Crippen molar-refractivity contribution < 1.29 is 24.2 Å². The largest absolute Gasteiger partial charge is 0.465 e. The van der Waals surface area contributed by atoms with Gasteiger partial charge in [-0.2, -0.15) is 0 Å². The van der Waals surface area contributed by atoms with Crippen molar-refractivity contribution in [3.63, 3.8) is 0 Å². The zero-order valence-corrected chi connectivity index (χ0v) is 10.2. The molecule has 0 bridgehead atoms. The van der Waals surface area contributed by atoms with E-state index in [0.29, 0.717) is 0 Å². The fourth-order valence-electron chi connectivity index (χ4n) is 3.04. The number of carbonyl (C=O) groups excluding carboxylic acids is 2. The van der Waals surface area contributed by atoms with Crippen molar-refractivity contribution in [1.82, 2.24) is 0 Å². The molecule has 0 aromatic carbocycles. The minimum absolute atomic E-state index is 0.124. The van der Waals surface area contributed by atoms with Crippen molar-refractivity contribution in [3.05, 3.63) is 12.8 Å². The molecule has 6 nitrogen and oxygen atoms in total.